The molecule has 6 nitrogen and oxygen atoms in total. The molecule has 0 fully saturated rings. The van der Waals surface area contributed by atoms with E-state index in [0.717, 1.165) is 11.8 Å². The number of nitrogens with one attached hydrogen (secondary N) is 1. The second-order valence-electron chi connectivity index (χ2n) is 5.35. The molecule has 1 aromatic rings. The monoisotopic (exact) mass is 348 g/mol. The van der Waals surface area contributed by atoms with Gasteiger partial charge in [-0.2, -0.15) is 4.31 Å². The zero-order chi connectivity index (χ0) is 17.0. The first-order chi connectivity index (χ1) is 10.1. The SMILES string of the molecule is CCC(C)N(CCNS(=O)(=O)c1cccc(C)c1)S(C)(=O)=O. The molecule has 0 radical (unpaired) electrons. The number of benzene rings is 1. The van der Waals surface area contributed by atoms with Crippen LogP contribution in [0, 0.1) is 6.92 Å². The minimum absolute atomic E-state index is 0.0354. The summed E-state index contributed by atoms with van der Waals surface area (Å²) in [6.45, 7) is 5.65. The topological polar surface area (TPSA) is 83.6 Å². The third-order valence-electron chi connectivity index (χ3n) is 3.43. The van der Waals surface area contributed by atoms with E-state index < -0.39 is 20.0 Å². The molecule has 0 saturated heterocycles. The fourth-order valence-corrected chi connectivity index (χ4v) is 4.42. The Hall–Kier alpha value is -0.960. The maximum atomic E-state index is 12.2. The van der Waals surface area contributed by atoms with Crippen molar-refractivity contribution in [2.45, 2.75) is 38.1 Å². The Labute approximate surface area is 133 Å². The van der Waals surface area contributed by atoms with Crippen molar-refractivity contribution in [2.75, 3.05) is 19.3 Å². The van der Waals surface area contributed by atoms with E-state index in [4.69, 9.17) is 0 Å². The molecule has 1 atom stereocenters. The molecule has 0 saturated carbocycles. The van der Waals surface area contributed by atoms with Crippen LogP contribution in [0.25, 0.3) is 0 Å². The van der Waals surface area contributed by atoms with Crippen LogP contribution in [-0.4, -0.2) is 46.5 Å². The second-order valence-corrected chi connectivity index (χ2v) is 9.05. The summed E-state index contributed by atoms with van der Waals surface area (Å²) in [5.74, 6) is 0. The highest BCUT2D eigenvalue weighted by atomic mass is 32.2. The summed E-state index contributed by atoms with van der Waals surface area (Å²) >= 11 is 0. The molecule has 0 amide bonds. The molecule has 0 aromatic heterocycles. The molecule has 0 aliphatic carbocycles. The predicted octanol–water partition coefficient (Wildman–Crippen LogP) is 1.33. The Morgan fingerprint density at radius 1 is 1.23 bits per heavy atom. The van der Waals surface area contributed by atoms with Gasteiger partial charge in [-0.1, -0.05) is 19.1 Å². The Balaban J connectivity index is 2.77. The summed E-state index contributed by atoms with van der Waals surface area (Å²) in [7, 11) is -6.99. The summed E-state index contributed by atoms with van der Waals surface area (Å²) in [6.07, 6.45) is 1.80. The summed E-state index contributed by atoms with van der Waals surface area (Å²) in [5.41, 5.74) is 0.847. The Bertz CT molecular complexity index is 699. The lowest BCUT2D eigenvalue weighted by atomic mass is 10.2. The van der Waals surface area contributed by atoms with Crippen molar-refractivity contribution in [1.29, 1.82) is 0 Å². The third-order valence-corrected chi connectivity index (χ3v) is 6.29. The van der Waals surface area contributed by atoms with E-state index in [1.165, 1.54) is 10.4 Å². The van der Waals surface area contributed by atoms with Gasteiger partial charge in [-0.05, 0) is 38.0 Å². The van der Waals surface area contributed by atoms with Crippen molar-refractivity contribution in [2.24, 2.45) is 0 Å². The Morgan fingerprint density at radius 2 is 1.86 bits per heavy atom. The van der Waals surface area contributed by atoms with E-state index >= 15 is 0 Å². The van der Waals surface area contributed by atoms with Crippen molar-refractivity contribution < 1.29 is 16.8 Å². The number of hydrogen-bond donors (Lipinski definition) is 1. The van der Waals surface area contributed by atoms with Gasteiger partial charge >= 0.3 is 0 Å². The van der Waals surface area contributed by atoms with Gasteiger partial charge in [0.2, 0.25) is 20.0 Å². The molecule has 0 spiro atoms. The fourth-order valence-electron chi connectivity index (χ4n) is 2.07. The summed E-state index contributed by atoms with van der Waals surface area (Å²) in [5, 5.41) is 0. The molecule has 1 unspecified atom stereocenters. The van der Waals surface area contributed by atoms with Gasteiger partial charge in [0.25, 0.3) is 0 Å². The van der Waals surface area contributed by atoms with Gasteiger partial charge in [0.15, 0.2) is 0 Å². The number of aryl methyl sites for hydroxylation is 1. The minimum Gasteiger partial charge on any atom is -0.212 e. The van der Waals surface area contributed by atoms with Crippen LogP contribution < -0.4 is 4.72 Å². The van der Waals surface area contributed by atoms with Gasteiger partial charge < -0.3 is 0 Å². The minimum atomic E-state index is -3.63. The van der Waals surface area contributed by atoms with Crippen LogP contribution in [0.5, 0.6) is 0 Å². The average molecular weight is 348 g/mol. The second kappa shape index (κ2) is 7.54. The molecular formula is C14H24N2O4S2. The number of rotatable bonds is 8. The largest absolute Gasteiger partial charge is 0.240 e. The molecule has 0 heterocycles. The standard InChI is InChI=1S/C14H24N2O4S2/c1-5-13(3)16(21(4,17)18)10-9-15-22(19,20)14-8-6-7-12(2)11-14/h6-8,11,13,15H,5,9-10H2,1-4H3. The van der Waals surface area contributed by atoms with E-state index in [1.807, 2.05) is 19.9 Å². The third kappa shape index (κ3) is 5.35. The lowest BCUT2D eigenvalue weighted by Crippen LogP contribution is -2.42. The zero-order valence-electron chi connectivity index (χ0n) is 13.4. The summed E-state index contributed by atoms with van der Waals surface area (Å²) in [4.78, 5) is 0.182. The molecule has 0 aliphatic heterocycles. The maximum Gasteiger partial charge on any atom is 0.240 e. The van der Waals surface area contributed by atoms with Crippen LogP contribution in [-0.2, 0) is 20.0 Å². The molecule has 0 aliphatic rings. The molecular weight excluding hydrogens is 324 g/mol. The summed E-state index contributed by atoms with van der Waals surface area (Å²) in [6, 6.07) is 6.40. The van der Waals surface area contributed by atoms with Gasteiger partial charge in [0, 0.05) is 19.1 Å². The van der Waals surface area contributed by atoms with E-state index in [-0.39, 0.29) is 24.0 Å². The average Bonchev–Trinajstić information content (AvgIpc) is 2.41. The summed E-state index contributed by atoms with van der Waals surface area (Å²) < 4.78 is 51.6. The van der Waals surface area contributed by atoms with E-state index in [2.05, 4.69) is 4.72 Å². The highest BCUT2D eigenvalue weighted by Crippen LogP contribution is 2.11. The molecule has 126 valence electrons. The fraction of sp³-hybridized carbons (Fsp3) is 0.571. The maximum absolute atomic E-state index is 12.2. The van der Waals surface area contributed by atoms with Crippen molar-refractivity contribution in [1.82, 2.24) is 9.03 Å². The van der Waals surface area contributed by atoms with Crippen molar-refractivity contribution in [3.63, 3.8) is 0 Å². The number of nitrogens with zero attached hydrogens (tertiary/aromatic N) is 1. The van der Waals surface area contributed by atoms with Crippen LogP contribution in [0.4, 0.5) is 0 Å². The van der Waals surface area contributed by atoms with Gasteiger partial charge in [-0.3, -0.25) is 0 Å². The Kier molecular flexibility index (Phi) is 6.54. The van der Waals surface area contributed by atoms with Gasteiger partial charge in [0.05, 0.1) is 11.2 Å². The molecule has 8 heteroatoms. The molecule has 1 rings (SSSR count). The first kappa shape index (κ1) is 19.1. The molecule has 0 bridgehead atoms. The highest BCUT2D eigenvalue weighted by molar-refractivity contribution is 7.89. The van der Waals surface area contributed by atoms with Crippen molar-refractivity contribution in [3.05, 3.63) is 29.8 Å². The zero-order valence-corrected chi connectivity index (χ0v) is 15.0. The van der Waals surface area contributed by atoms with Gasteiger partial charge in [-0.25, -0.2) is 21.6 Å². The van der Waals surface area contributed by atoms with Crippen molar-refractivity contribution in [3.8, 4) is 0 Å². The lowest BCUT2D eigenvalue weighted by Gasteiger charge is -2.25. The van der Waals surface area contributed by atoms with Crippen LogP contribution in [0.15, 0.2) is 29.2 Å². The van der Waals surface area contributed by atoms with Crippen LogP contribution in [0.1, 0.15) is 25.8 Å². The predicted molar refractivity (Wildman–Crippen MR) is 87.7 cm³/mol. The number of hydrogen-bond acceptors (Lipinski definition) is 4. The molecule has 1 N–H and O–H groups in total. The lowest BCUT2D eigenvalue weighted by molar-refractivity contribution is 0.335. The highest BCUT2D eigenvalue weighted by Gasteiger charge is 2.22. The van der Waals surface area contributed by atoms with Crippen LogP contribution in [0.3, 0.4) is 0 Å². The van der Waals surface area contributed by atoms with Gasteiger partial charge in [0.1, 0.15) is 0 Å². The van der Waals surface area contributed by atoms with Gasteiger partial charge in [-0.15, -0.1) is 0 Å². The normalized spacial score (nSPS) is 14.2. The molecule has 1 aromatic carbocycles. The first-order valence-corrected chi connectivity index (χ1v) is 10.4. The van der Waals surface area contributed by atoms with Crippen LogP contribution >= 0.6 is 0 Å². The van der Waals surface area contributed by atoms with E-state index in [0.29, 0.717) is 6.42 Å². The van der Waals surface area contributed by atoms with E-state index in [1.54, 1.807) is 19.1 Å². The smallest absolute Gasteiger partial charge is 0.212 e. The van der Waals surface area contributed by atoms with E-state index in [9.17, 15) is 16.8 Å². The number of sulfonamides is 2. The van der Waals surface area contributed by atoms with Crippen LogP contribution in [0.2, 0.25) is 0 Å². The Morgan fingerprint density at radius 3 is 2.36 bits per heavy atom. The quantitative estimate of drug-likeness (QED) is 0.768. The first-order valence-electron chi connectivity index (χ1n) is 7.11. The molecule has 22 heavy (non-hydrogen) atoms. The van der Waals surface area contributed by atoms with Crippen molar-refractivity contribution >= 4 is 20.0 Å².